The second-order valence-electron chi connectivity index (χ2n) is 5.24. The summed E-state index contributed by atoms with van der Waals surface area (Å²) in [6.45, 7) is 7.44. The Morgan fingerprint density at radius 1 is 1.53 bits per heavy atom. The predicted octanol–water partition coefficient (Wildman–Crippen LogP) is 1.59. The average molecular weight is 253 g/mol. The number of rotatable bonds is 2. The SMILES string of the molecule is CC(NC1=NCC(C)(C)CS1)c1nncn1C. The molecule has 2 rings (SSSR count). The second-order valence-corrected chi connectivity index (χ2v) is 6.20. The van der Waals surface area contributed by atoms with Crippen LogP contribution in [0.25, 0.3) is 0 Å². The first-order valence-electron chi connectivity index (χ1n) is 5.76. The summed E-state index contributed by atoms with van der Waals surface area (Å²) >= 11 is 1.78. The Labute approximate surface area is 106 Å². The molecule has 1 aromatic heterocycles. The van der Waals surface area contributed by atoms with Crippen LogP contribution in [0.15, 0.2) is 11.3 Å². The van der Waals surface area contributed by atoms with Crippen LogP contribution < -0.4 is 5.32 Å². The van der Waals surface area contributed by atoms with Gasteiger partial charge in [-0.1, -0.05) is 25.6 Å². The number of hydrogen-bond donors (Lipinski definition) is 1. The molecule has 94 valence electrons. The van der Waals surface area contributed by atoms with Gasteiger partial charge in [0.25, 0.3) is 0 Å². The second kappa shape index (κ2) is 4.68. The molecule has 17 heavy (non-hydrogen) atoms. The minimum atomic E-state index is 0.134. The zero-order valence-electron chi connectivity index (χ0n) is 10.8. The van der Waals surface area contributed by atoms with E-state index in [1.54, 1.807) is 18.1 Å². The third-order valence-corrected chi connectivity index (χ3v) is 4.17. The normalized spacial score (nSPS) is 20.8. The highest BCUT2D eigenvalue weighted by molar-refractivity contribution is 8.13. The van der Waals surface area contributed by atoms with Crippen molar-refractivity contribution in [2.75, 3.05) is 12.3 Å². The van der Waals surface area contributed by atoms with Crippen LogP contribution in [0.2, 0.25) is 0 Å². The van der Waals surface area contributed by atoms with Crippen LogP contribution in [0.5, 0.6) is 0 Å². The van der Waals surface area contributed by atoms with Gasteiger partial charge in [0.05, 0.1) is 6.04 Å². The summed E-state index contributed by atoms with van der Waals surface area (Å²) in [5.41, 5.74) is 0.309. The Morgan fingerprint density at radius 3 is 2.82 bits per heavy atom. The van der Waals surface area contributed by atoms with Gasteiger partial charge in [0.2, 0.25) is 0 Å². The van der Waals surface area contributed by atoms with E-state index in [9.17, 15) is 0 Å². The minimum Gasteiger partial charge on any atom is -0.355 e. The summed E-state index contributed by atoms with van der Waals surface area (Å²) in [4.78, 5) is 4.57. The molecule has 0 aliphatic carbocycles. The average Bonchev–Trinajstić information content (AvgIpc) is 2.68. The molecule has 2 heterocycles. The van der Waals surface area contributed by atoms with Gasteiger partial charge in [-0.05, 0) is 12.3 Å². The first kappa shape index (κ1) is 12.4. The molecule has 6 heteroatoms. The Bertz CT molecular complexity index is 423. The Balaban J connectivity index is 1.99. The molecule has 0 bridgehead atoms. The molecule has 0 saturated heterocycles. The number of amidine groups is 1. The summed E-state index contributed by atoms with van der Waals surface area (Å²) in [6.07, 6.45) is 1.71. The molecule has 5 nitrogen and oxygen atoms in total. The van der Waals surface area contributed by atoms with E-state index in [0.717, 1.165) is 23.3 Å². The highest BCUT2D eigenvalue weighted by Gasteiger charge is 2.24. The van der Waals surface area contributed by atoms with E-state index in [1.807, 2.05) is 11.6 Å². The lowest BCUT2D eigenvalue weighted by molar-refractivity contribution is 0.436. The predicted molar refractivity (Wildman–Crippen MR) is 71.1 cm³/mol. The zero-order chi connectivity index (χ0) is 12.5. The highest BCUT2D eigenvalue weighted by atomic mass is 32.2. The van der Waals surface area contributed by atoms with Crippen molar-refractivity contribution in [3.63, 3.8) is 0 Å². The molecule has 0 radical (unpaired) electrons. The Hall–Kier alpha value is -1.04. The lowest BCUT2D eigenvalue weighted by Gasteiger charge is -2.28. The van der Waals surface area contributed by atoms with E-state index in [2.05, 4.69) is 41.3 Å². The first-order valence-corrected chi connectivity index (χ1v) is 6.74. The molecule has 1 N–H and O–H groups in total. The van der Waals surface area contributed by atoms with E-state index in [4.69, 9.17) is 0 Å². The standard InChI is InChI=1S/C11H19N5S/c1-8(9-15-13-7-16(9)4)14-10-12-5-11(2,3)6-17-10/h7-8H,5-6H2,1-4H3,(H,12,14). The summed E-state index contributed by atoms with van der Waals surface area (Å²) in [6, 6.07) is 0.134. The number of hydrogen-bond acceptors (Lipinski definition) is 5. The number of thioether (sulfide) groups is 1. The lowest BCUT2D eigenvalue weighted by atomic mass is 9.97. The molecule has 1 unspecified atom stereocenters. The molecule has 1 aliphatic heterocycles. The van der Waals surface area contributed by atoms with Gasteiger partial charge >= 0.3 is 0 Å². The van der Waals surface area contributed by atoms with Gasteiger partial charge in [-0.25, -0.2) is 0 Å². The maximum atomic E-state index is 4.57. The minimum absolute atomic E-state index is 0.134. The fraction of sp³-hybridized carbons (Fsp3) is 0.727. The van der Waals surface area contributed by atoms with Crippen LogP contribution in [0, 0.1) is 5.41 Å². The molecule has 0 spiro atoms. The molecular formula is C11H19N5S. The van der Waals surface area contributed by atoms with Crippen molar-refractivity contribution < 1.29 is 0 Å². The van der Waals surface area contributed by atoms with Gasteiger partial charge in [0, 0.05) is 19.3 Å². The number of aliphatic imine (C=N–C) groups is 1. The van der Waals surface area contributed by atoms with Crippen molar-refractivity contribution in [1.82, 2.24) is 20.1 Å². The molecule has 1 aliphatic rings. The molecular weight excluding hydrogens is 234 g/mol. The van der Waals surface area contributed by atoms with Gasteiger partial charge in [-0.15, -0.1) is 10.2 Å². The zero-order valence-corrected chi connectivity index (χ0v) is 11.6. The largest absolute Gasteiger partial charge is 0.355 e. The molecule has 1 aromatic rings. The summed E-state index contributed by atoms with van der Waals surface area (Å²) < 4.78 is 1.93. The third-order valence-electron chi connectivity index (χ3n) is 2.72. The van der Waals surface area contributed by atoms with E-state index < -0.39 is 0 Å². The monoisotopic (exact) mass is 253 g/mol. The van der Waals surface area contributed by atoms with Gasteiger partial charge < -0.3 is 9.88 Å². The Morgan fingerprint density at radius 2 is 2.29 bits per heavy atom. The van der Waals surface area contributed by atoms with E-state index in [-0.39, 0.29) is 6.04 Å². The fourth-order valence-electron chi connectivity index (χ4n) is 1.66. The number of aryl methyl sites for hydroxylation is 1. The maximum Gasteiger partial charge on any atom is 0.157 e. The quantitative estimate of drug-likeness (QED) is 0.869. The first-order chi connectivity index (χ1) is 7.98. The summed E-state index contributed by atoms with van der Waals surface area (Å²) in [5, 5.41) is 12.4. The van der Waals surface area contributed by atoms with Crippen LogP contribution in [0.4, 0.5) is 0 Å². The summed E-state index contributed by atoms with van der Waals surface area (Å²) in [5.74, 6) is 2.03. The summed E-state index contributed by atoms with van der Waals surface area (Å²) in [7, 11) is 1.95. The van der Waals surface area contributed by atoms with Gasteiger partial charge in [-0.3, -0.25) is 4.99 Å². The topological polar surface area (TPSA) is 55.1 Å². The van der Waals surface area contributed by atoms with Crippen LogP contribution >= 0.6 is 11.8 Å². The van der Waals surface area contributed by atoms with Crippen LogP contribution in [0.3, 0.4) is 0 Å². The van der Waals surface area contributed by atoms with Crippen molar-refractivity contribution in [1.29, 1.82) is 0 Å². The van der Waals surface area contributed by atoms with Crippen molar-refractivity contribution >= 4 is 16.9 Å². The van der Waals surface area contributed by atoms with Crippen molar-refractivity contribution in [2.45, 2.75) is 26.8 Å². The van der Waals surface area contributed by atoms with Gasteiger partial charge in [-0.2, -0.15) is 0 Å². The van der Waals surface area contributed by atoms with Crippen LogP contribution in [0.1, 0.15) is 32.6 Å². The number of aromatic nitrogens is 3. The fourth-order valence-corrected chi connectivity index (χ4v) is 2.70. The van der Waals surface area contributed by atoms with Crippen LogP contribution in [-0.2, 0) is 7.05 Å². The molecule has 0 aromatic carbocycles. The molecule has 1 atom stereocenters. The molecule has 0 fully saturated rings. The smallest absolute Gasteiger partial charge is 0.157 e. The van der Waals surface area contributed by atoms with E-state index in [1.165, 1.54) is 0 Å². The Kier molecular flexibility index (Phi) is 3.42. The third kappa shape index (κ3) is 3.00. The lowest BCUT2D eigenvalue weighted by Crippen LogP contribution is -2.33. The van der Waals surface area contributed by atoms with Crippen molar-refractivity contribution in [3.8, 4) is 0 Å². The number of nitrogens with one attached hydrogen (secondary N) is 1. The van der Waals surface area contributed by atoms with Crippen molar-refractivity contribution in [2.24, 2.45) is 17.5 Å². The maximum absolute atomic E-state index is 4.57. The molecule has 0 amide bonds. The van der Waals surface area contributed by atoms with E-state index in [0.29, 0.717) is 5.41 Å². The van der Waals surface area contributed by atoms with Crippen LogP contribution in [-0.4, -0.2) is 32.2 Å². The van der Waals surface area contributed by atoms with E-state index >= 15 is 0 Å². The van der Waals surface area contributed by atoms with Crippen molar-refractivity contribution in [3.05, 3.63) is 12.2 Å². The molecule has 0 saturated carbocycles. The van der Waals surface area contributed by atoms with Gasteiger partial charge in [0.15, 0.2) is 11.0 Å². The van der Waals surface area contributed by atoms with Gasteiger partial charge in [0.1, 0.15) is 6.33 Å². The number of nitrogens with zero attached hydrogens (tertiary/aromatic N) is 4. The highest BCUT2D eigenvalue weighted by Crippen LogP contribution is 2.27.